The number of benzene rings is 2. The Morgan fingerprint density at radius 1 is 1.12 bits per heavy atom. The first kappa shape index (κ1) is 28.2. The van der Waals surface area contributed by atoms with E-state index in [1.54, 1.807) is 28.2 Å². The molecule has 0 bridgehead atoms. The zero-order chi connectivity index (χ0) is 29.1. The number of rotatable bonds is 10. The first-order chi connectivity index (χ1) is 20.5. The molecular formula is C29H23N5O4S4. The number of carbonyl (C=O) groups is 3. The quantitative estimate of drug-likeness (QED) is 0.147. The van der Waals surface area contributed by atoms with E-state index in [0.717, 1.165) is 21.7 Å². The van der Waals surface area contributed by atoms with Gasteiger partial charge < -0.3 is 15.4 Å². The van der Waals surface area contributed by atoms with Gasteiger partial charge in [-0.1, -0.05) is 60.7 Å². The second-order valence-corrected chi connectivity index (χ2v) is 12.5. The minimum atomic E-state index is -0.719. The van der Waals surface area contributed by atoms with Crippen molar-refractivity contribution in [3.05, 3.63) is 105 Å². The third kappa shape index (κ3) is 5.73. The van der Waals surface area contributed by atoms with Gasteiger partial charge >= 0.3 is 0 Å². The lowest BCUT2D eigenvalue weighted by atomic mass is 10.0. The molecule has 9 nitrogen and oxygen atoms in total. The number of thiazole rings is 2. The maximum atomic E-state index is 13.6. The Balaban J connectivity index is 1.25. The van der Waals surface area contributed by atoms with E-state index in [2.05, 4.69) is 20.6 Å². The summed E-state index contributed by atoms with van der Waals surface area (Å²) < 4.78 is 6.53. The highest BCUT2D eigenvalue weighted by molar-refractivity contribution is 8.00. The van der Waals surface area contributed by atoms with E-state index in [9.17, 15) is 14.4 Å². The van der Waals surface area contributed by atoms with Crippen molar-refractivity contribution in [3.63, 3.8) is 0 Å². The van der Waals surface area contributed by atoms with E-state index >= 15 is 0 Å². The molecule has 0 unspecified atom stereocenters. The fourth-order valence-corrected chi connectivity index (χ4v) is 7.89. The molecule has 6 rings (SSSR count). The van der Waals surface area contributed by atoms with Crippen LogP contribution in [0.4, 0.5) is 5.13 Å². The van der Waals surface area contributed by atoms with E-state index < -0.39 is 12.1 Å². The summed E-state index contributed by atoms with van der Waals surface area (Å²) in [5.74, 6) is -0.0608. The molecule has 2 aromatic heterocycles. The Morgan fingerprint density at radius 2 is 1.83 bits per heavy atom. The first-order valence-electron chi connectivity index (χ1n) is 12.9. The van der Waals surface area contributed by atoms with Crippen LogP contribution in [0.15, 0.2) is 83.3 Å². The fraction of sp³-hybridized carbons (Fsp3) is 0.172. The van der Waals surface area contributed by atoms with Crippen molar-refractivity contribution < 1.29 is 19.1 Å². The highest BCUT2D eigenvalue weighted by atomic mass is 32.2. The van der Waals surface area contributed by atoms with Gasteiger partial charge in [0.05, 0.1) is 12.1 Å². The molecule has 2 N–H and O–H groups in total. The van der Waals surface area contributed by atoms with Crippen LogP contribution in [0.5, 0.6) is 0 Å². The molecular weight excluding hydrogens is 611 g/mol. The van der Waals surface area contributed by atoms with Crippen LogP contribution in [0.25, 0.3) is 5.57 Å². The lowest BCUT2D eigenvalue weighted by Crippen LogP contribution is -2.70. The molecule has 2 atom stereocenters. The molecule has 0 aliphatic carbocycles. The van der Waals surface area contributed by atoms with Gasteiger partial charge in [0.15, 0.2) is 5.13 Å². The predicted octanol–water partition coefficient (Wildman–Crippen LogP) is 4.66. The Kier molecular flexibility index (Phi) is 8.42. The van der Waals surface area contributed by atoms with E-state index in [0.29, 0.717) is 28.7 Å². The van der Waals surface area contributed by atoms with E-state index in [1.807, 2.05) is 66.0 Å². The maximum absolute atomic E-state index is 13.6. The lowest BCUT2D eigenvalue weighted by Gasteiger charge is -2.50. The van der Waals surface area contributed by atoms with Crippen LogP contribution < -0.4 is 10.6 Å². The molecule has 2 aromatic carbocycles. The van der Waals surface area contributed by atoms with Gasteiger partial charge in [-0.05, 0) is 23.3 Å². The SMILES string of the molecule is O=CNc1nc(CC(=O)N[C@@H]2C(=O)N3C(C(=S)OC(c4ccccc4)c4ccccc4)=C(c4nccs4)CS[C@H]23)cs1. The molecule has 4 heterocycles. The number of nitrogens with zero attached hydrogens (tertiary/aromatic N) is 3. The van der Waals surface area contributed by atoms with Crippen molar-refractivity contribution in [2.75, 3.05) is 11.1 Å². The van der Waals surface area contributed by atoms with Crippen LogP contribution in [0.3, 0.4) is 0 Å². The second-order valence-electron chi connectivity index (χ2n) is 9.31. The molecule has 0 radical (unpaired) electrons. The molecule has 212 valence electrons. The van der Waals surface area contributed by atoms with Crippen LogP contribution >= 0.6 is 46.7 Å². The third-order valence-corrected chi connectivity index (χ3v) is 9.90. The van der Waals surface area contributed by atoms with Crippen LogP contribution in [0.1, 0.15) is 27.9 Å². The number of nitrogens with one attached hydrogen (secondary N) is 2. The van der Waals surface area contributed by atoms with Crippen molar-refractivity contribution in [2.24, 2.45) is 0 Å². The predicted molar refractivity (Wildman–Crippen MR) is 168 cm³/mol. The highest BCUT2D eigenvalue weighted by Crippen LogP contribution is 2.45. The number of carbonyl (C=O) groups excluding carboxylic acids is 3. The summed E-state index contributed by atoms with van der Waals surface area (Å²) in [4.78, 5) is 47.4. The zero-order valence-corrected chi connectivity index (χ0v) is 25.1. The second kappa shape index (κ2) is 12.5. The zero-order valence-electron chi connectivity index (χ0n) is 21.8. The monoisotopic (exact) mass is 633 g/mol. The number of β-lactam (4-membered cyclic amide) rings is 1. The van der Waals surface area contributed by atoms with Gasteiger partial charge in [0.1, 0.15) is 28.2 Å². The summed E-state index contributed by atoms with van der Waals surface area (Å²) >= 11 is 10.2. The van der Waals surface area contributed by atoms with Crippen molar-refractivity contribution in [3.8, 4) is 0 Å². The van der Waals surface area contributed by atoms with Gasteiger partial charge in [0.2, 0.25) is 17.4 Å². The highest BCUT2D eigenvalue weighted by Gasteiger charge is 2.54. The number of fused-ring (bicyclic) bond motifs is 1. The van der Waals surface area contributed by atoms with Crippen LogP contribution in [-0.2, 0) is 25.5 Å². The van der Waals surface area contributed by atoms with E-state index in [4.69, 9.17) is 17.0 Å². The van der Waals surface area contributed by atoms with Crippen molar-refractivity contribution in [2.45, 2.75) is 23.9 Å². The minimum Gasteiger partial charge on any atom is -0.469 e. The largest absolute Gasteiger partial charge is 0.469 e. The van der Waals surface area contributed by atoms with Crippen LogP contribution in [0, 0.1) is 0 Å². The summed E-state index contributed by atoms with van der Waals surface area (Å²) in [6, 6.07) is 18.9. The third-order valence-electron chi connectivity index (χ3n) is 6.67. The molecule has 3 amide bonds. The Bertz CT molecular complexity index is 1600. The summed E-state index contributed by atoms with van der Waals surface area (Å²) in [6.45, 7) is 0. The average molecular weight is 634 g/mol. The van der Waals surface area contributed by atoms with Crippen molar-refractivity contribution >= 4 is 80.6 Å². The normalized spacial score (nSPS) is 17.8. The molecule has 1 saturated heterocycles. The molecule has 4 aromatic rings. The molecule has 2 aliphatic heterocycles. The summed E-state index contributed by atoms with van der Waals surface area (Å²) in [6.07, 6.45) is 1.76. The number of thiocarbonyl (C=S) groups is 1. The number of amides is 3. The van der Waals surface area contributed by atoms with Crippen LogP contribution in [0.2, 0.25) is 0 Å². The lowest BCUT2D eigenvalue weighted by molar-refractivity contribution is -0.145. The maximum Gasteiger partial charge on any atom is 0.253 e. The summed E-state index contributed by atoms with van der Waals surface area (Å²) in [5.41, 5.74) is 3.71. The van der Waals surface area contributed by atoms with Gasteiger partial charge in [-0.2, -0.15) is 0 Å². The van der Waals surface area contributed by atoms with Gasteiger partial charge in [-0.15, -0.1) is 34.4 Å². The van der Waals surface area contributed by atoms with Gasteiger partial charge in [-0.3, -0.25) is 19.3 Å². The standard InChI is InChI=1S/C29H23N5O4S4/c35-16-31-29-32-19(14-42-29)13-21(36)33-22-26(37)34-23(20(15-41-27(22)34)25-30-11-12-40-25)28(39)38-24(17-7-3-1-4-8-17)18-9-5-2-6-10-18/h1-12,14,16,22,24,27H,13,15H2,(H,33,36)(H,31,32,35)/t22-,27-/m1/s1. The Morgan fingerprint density at radius 3 is 2.48 bits per heavy atom. The average Bonchev–Trinajstić information content (AvgIpc) is 3.71. The molecule has 1 fully saturated rings. The smallest absolute Gasteiger partial charge is 0.253 e. The molecule has 0 saturated carbocycles. The van der Waals surface area contributed by atoms with Crippen molar-refractivity contribution in [1.82, 2.24) is 20.2 Å². The molecule has 2 aliphatic rings. The van der Waals surface area contributed by atoms with E-state index in [1.165, 1.54) is 22.7 Å². The topological polar surface area (TPSA) is 114 Å². The summed E-state index contributed by atoms with van der Waals surface area (Å²) in [5, 5.41) is 9.93. The Labute approximate surface area is 259 Å². The number of anilines is 1. The fourth-order valence-electron chi connectivity index (χ4n) is 4.79. The summed E-state index contributed by atoms with van der Waals surface area (Å²) in [7, 11) is 0. The number of hydrogen-bond acceptors (Lipinski definition) is 10. The van der Waals surface area contributed by atoms with Gasteiger partial charge in [-0.25, -0.2) is 9.97 Å². The number of thioether (sulfide) groups is 1. The van der Waals surface area contributed by atoms with Gasteiger partial charge in [0, 0.05) is 28.3 Å². The minimum absolute atomic E-state index is 0.0113. The molecule has 0 spiro atoms. The number of aromatic nitrogens is 2. The van der Waals surface area contributed by atoms with Gasteiger partial charge in [0.25, 0.3) is 5.91 Å². The first-order valence-corrected chi connectivity index (χ1v) is 16.1. The molecule has 42 heavy (non-hydrogen) atoms. The van der Waals surface area contributed by atoms with Crippen molar-refractivity contribution in [1.29, 1.82) is 0 Å². The Hall–Kier alpha value is -3.91. The van der Waals surface area contributed by atoms with Crippen LogP contribution in [-0.4, -0.2) is 55.3 Å². The molecule has 13 heteroatoms. The van der Waals surface area contributed by atoms with E-state index in [-0.39, 0.29) is 28.7 Å². The number of hydrogen-bond donors (Lipinski definition) is 2. The number of ether oxygens (including phenoxy) is 1.